The van der Waals surface area contributed by atoms with Crippen molar-refractivity contribution in [2.45, 2.75) is 4.90 Å². The SMILES string of the molecule is CSc1ccc(C(=O)c2cc(F)c(Br)cc2F)cc1. The molecule has 19 heavy (non-hydrogen) atoms. The van der Waals surface area contributed by atoms with Gasteiger partial charge in [-0.1, -0.05) is 0 Å². The normalized spacial score (nSPS) is 10.5. The van der Waals surface area contributed by atoms with E-state index in [4.69, 9.17) is 0 Å². The summed E-state index contributed by atoms with van der Waals surface area (Å²) in [7, 11) is 0. The molecule has 0 radical (unpaired) electrons. The monoisotopic (exact) mass is 342 g/mol. The fourth-order valence-electron chi connectivity index (χ4n) is 1.59. The Labute approximate surface area is 122 Å². The molecule has 0 saturated carbocycles. The summed E-state index contributed by atoms with van der Waals surface area (Å²) in [4.78, 5) is 13.1. The Bertz CT molecular complexity index is 626. The molecule has 0 aromatic heterocycles. The van der Waals surface area contributed by atoms with Crippen molar-refractivity contribution < 1.29 is 13.6 Å². The maximum absolute atomic E-state index is 13.7. The zero-order valence-electron chi connectivity index (χ0n) is 9.91. The standard InChI is InChI=1S/C14H9BrF2OS/c1-19-9-4-2-8(3-5-9)14(18)10-6-13(17)11(15)7-12(10)16/h2-7H,1H3. The van der Waals surface area contributed by atoms with E-state index in [-0.39, 0.29) is 10.0 Å². The third-order valence-corrected chi connectivity index (χ3v) is 3.96. The molecule has 0 bridgehead atoms. The topological polar surface area (TPSA) is 17.1 Å². The van der Waals surface area contributed by atoms with Gasteiger partial charge in [0, 0.05) is 10.5 Å². The number of carbonyl (C=O) groups excluding carboxylic acids is 1. The highest BCUT2D eigenvalue weighted by molar-refractivity contribution is 9.10. The van der Waals surface area contributed by atoms with Crippen LogP contribution < -0.4 is 0 Å². The van der Waals surface area contributed by atoms with Gasteiger partial charge < -0.3 is 0 Å². The summed E-state index contributed by atoms with van der Waals surface area (Å²) >= 11 is 4.42. The predicted octanol–water partition coefficient (Wildman–Crippen LogP) is 4.68. The van der Waals surface area contributed by atoms with E-state index in [9.17, 15) is 13.6 Å². The fourth-order valence-corrected chi connectivity index (χ4v) is 2.32. The molecule has 0 spiro atoms. The molecule has 5 heteroatoms. The molecule has 0 aliphatic carbocycles. The molecule has 0 saturated heterocycles. The molecule has 0 fully saturated rings. The van der Waals surface area contributed by atoms with Crippen LogP contribution in [0.2, 0.25) is 0 Å². The minimum absolute atomic E-state index is 0.000666. The minimum Gasteiger partial charge on any atom is -0.288 e. The highest BCUT2D eigenvalue weighted by Gasteiger charge is 2.16. The van der Waals surface area contributed by atoms with E-state index in [0.29, 0.717) is 5.56 Å². The van der Waals surface area contributed by atoms with Crippen LogP contribution >= 0.6 is 27.7 Å². The number of hydrogen-bond donors (Lipinski definition) is 0. The third kappa shape index (κ3) is 3.04. The number of thioether (sulfide) groups is 1. The first-order chi connectivity index (χ1) is 9.02. The van der Waals surface area contributed by atoms with Gasteiger partial charge in [0.25, 0.3) is 0 Å². The van der Waals surface area contributed by atoms with Crippen LogP contribution in [0.4, 0.5) is 8.78 Å². The van der Waals surface area contributed by atoms with Crippen molar-refractivity contribution in [2.75, 3.05) is 6.26 Å². The third-order valence-electron chi connectivity index (χ3n) is 2.61. The van der Waals surface area contributed by atoms with Gasteiger partial charge in [0.2, 0.25) is 0 Å². The molecule has 2 aromatic carbocycles. The predicted molar refractivity (Wildman–Crippen MR) is 75.7 cm³/mol. The lowest BCUT2D eigenvalue weighted by Crippen LogP contribution is -2.05. The molecular weight excluding hydrogens is 334 g/mol. The van der Waals surface area contributed by atoms with Gasteiger partial charge >= 0.3 is 0 Å². The Balaban J connectivity index is 2.40. The number of rotatable bonds is 3. The molecule has 0 N–H and O–H groups in total. The fraction of sp³-hybridized carbons (Fsp3) is 0.0714. The quantitative estimate of drug-likeness (QED) is 0.457. The van der Waals surface area contributed by atoms with Gasteiger partial charge in [-0.15, -0.1) is 11.8 Å². The summed E-state index contributed by atoms with van der Waals surface area (Å²) in [6.45, 7) is 0. The number of hydrogen-bond acceptors (Lipinski definition) is 2. The lowest BCUT2D eigenvalue weighted by atomic mass is 10.0. The first-order valence-electron chi connectivity index (χ1n) is 5.36. The molecule has 0 amide bonds. The first-order valence-corrected chi connectivity index (χ1v) is 7.38. The van der Waals surface area contributed by atoms with Crippen LogP contribution in [-0.4, -0.2) is 12.0 Å². The van der Waals surface area contributed by atoms with E-state index < -0.39 is 17.4 Å². The zero-order valence-corrected chi connectivity index (χ0v) is 12.3. The molecule has 0 aliphatic rings. The summed E-state index contributed by atoms with van der Waals surface area (Å²) in [6.07, 6.45) is 1.92. The van der Waals surface area contributed by atoms with Crippen LogP contribution in [0.5, 0.6) is 0 Å². The second-order valence-electron chi connectivity index (χ2n) is 3.80. The molecule has 0 heterocycles. The summed E-state index contributed by atoms with van der Waals surface area (Å²) in [5.41, 5.74) is 0.0658. The Hall–Kier alpha value is -1.20. The molecular formula is C14H9BrF2OS. The maximum Gasteiger partial charge on any atom is 0.196 e. The highest BCUT2D eigenvalue weighted by atomic mass is 79.9. The molecule has 1 nitrogen and oxygen atoms in total. The number of benzene rings is 2. The van der Waals surface area contributed by atoms with Gasteiger partial charge in [-0.2, -0.15) is 0 Å². The van der Waals surface area contributed by atoms with E-state index in [2.05, 4.69) is 15.9 Å². The molecule has 2 aromatic rings. The number of halogens is 3. The average Bonchev–Trinajstić information content (AvgIpc) is 2.42. The van der Waals surface area contributed by atoms with Crippen LogP contribution in [0, 0.1) is 11.6 Å². The van der Waals surface area contributed by atoms with Crippen molar-refractivity contribution in [2.24, 2.45) is 0 Å². The van der Waals surface area contributed by atoms with Crippen molar-refractivity contribution in [3.63, 3.8) is 0 Å². The van der Waals surface area contributed by atoms with Crippen LogP contribution in [0.25, 0.3) is 0 Å². The van der Waals surface area contributed by atoms with E-state index in [1.165, 1.54) is 0 Å². The number of carbonyl (C=O) groups is 1. The summed E-state index contributed by atoms with van der Waals surface area (Å²) in [5, 5.41) is 0. The van der Waals surface area contributed by atoms with Gasteiger partial charge in [0.15, 0.2) is 5.78 Å². The van der Waals surface area contributed by atoms with Crippen LogP contribution in [-0.2, 0) is 0 Å². The van der Waals surface area contributed by atoms with Gasteiger partial charge in [-0.3, -0.25) is 4.79 Å². The maximum atomic E-state index is 13.7. The van der Waals surface area contributed by atoms with Crippen molar-refractivity contribution in [1.29, 1.82) is 0 Å². The Morgan fingerprint density at radius 3 is 2.32 bits per heavy atom. The molecule has 0 atom stereocenters. The van der Waals surface area contributed by atoms with Crippen LogP contribution in [0.15, 0.2) is 45.8 Å². The van der Waals surface area contributed by atoms with E-state index in [1.54, 1.807) is 36.0 Å². The summed E-state index contributed by atoms with van der Waals surface area (Å²) in [5.74, 6) is -1.94. The molecule has 98 valence electrons. The minimum atomic E-state index is -0.743. The van der Waals surface area contributed by atoms with Crippen molar-refractivity contribution in [3.05, 3.63) is 63.6 Å². The van der Waals surface area contributed by atoms with Gasteiger partial charge in [-0.05, 0) is 58.6 Å². The lowest BCUT2D eigenvalue weighted by molar-refractivity contribution is 0.103. The molecule has 0 aliphatic heterocycles. The average molecular weight is 343 g/mol. The first kappa shape index (κ1) is 14.2. The van der Waals surface area contributed by atoms with E-state index in [1.807, 2.05) is 6.26 Å². The van der Waals surface area contributed by atoms with Crippen LogP contribution in [0.3, 0.4) is 0 Å². The Morgan fingerprint density at radius 2 is 1.74 bits per heavy atom. The van der Waals surface area contributed by atoms with E-state index >= 15 is 0 Å². The van der Waals surface area contributed by atoms with E-state index in [0.717, 1.165) is 17.0 Å². The second kappa shape index (κ2) is 5.84. The van der Waals surface area contributed by atoms with Crippen molar-refractivity contribution in [3.8, 4) is 0 Å². The van der Waals surface area contributed by atoms with Crippen LogP contribution in [0.1, 0.15) is 15.9 Å². The zero-order chi connectivity index (χ0) is 14.0. The second-order valence-corrected chi connectivity index (χ2v) is 5.54. The Morgan fingerprint density at radius 1 is 1.11 bits per heavy atom. The largest absolute Gasteiger partial charge is 0.288 e. The Kier molecular flexibility index (Phi) is 4.37. The van der Waals surface area contributed by atoms with Crippen molar-refractivity contribution in [1.82, 2.24) is 0 Å². The summed E-state index contributed by atoms with van der Waals surface area (Å²) < 4.78 is 27.1. The van der Waals surface area contributed by atoms with Crippen molar-refractivity contribution >= 4 is 33.5 Å². The molecule has 0 unspecified atom stereocenters. The molecule has 2 rings (SSSR count). The smallest absolute Gasteiger partial charge is 0.196 e. The summed E-state index contributed by atoms with van der Waals surface area (Å²) in [6, 6.07) is 8.61. The van der Waals surface area contributed by atoms with Gasteiger partial charge in [0.1, 0.15) is 11.6 Å². The van der Waals surface area contributed by atoms with Gasteiger partial charge in [0.05, 0.1) is 10.0 Å². The number of ketones is 1. The highest BCUT2D eigenvalue weighted by Crippen LogP contribution is 2.23. The lowest BCUT2D eigenvalue weighted by Gasteiger charge is -2.05. The van der Waals surface area contributed by atoms with Gasteiger partial charge in [-0.25, -0.2) is 8.78 Å².